The van der Waals surface area contributed by atoms with Crippen LogP contribution in [-0.2, 0) is 16.1 Å². The molecule has 1 fully saturated rings. The van der Waals surface area contributed by atoms with Crippen LogP contribution in [0, 0.1) is 12.8 Å². The number of anilines is 1. The zero-order valence-corrected chi connectivity index (χ0v) is 17.9. The fraction of sp³-hybridized carbons (Fsp3) is 0.375. The maximum absolute atomic E-state index is 13.0. The average Bonchev–Trinajstić information content (AvgIpc) is 2.75. The van der Waals surface area contributed by atoms with Gasteiger partial charge in [0.05, 0.1) is 5.92 Å². The van der Waals surface area contributed by atoms with Crippen LogP contribution < -0.4 is 5.32 Å². The smallest absolute Gasteiger partial charge is 0.253 e. The Hall–Kier alpha value is -3.15. The predicted octanol–water partition coefficient (Wildman–Crippen LogP) is 3.46. The number of hydrogen-bond donors (Lipinski definition) is 1. The lowest BCUT2D eigenvalue weighted by Gasteiger charge is -2.32. The molecule has 6 heteroatoms. The van der Waals surface area contributed by atoms with Crippen molar-refractivity contribution in [3.8, 4) is 0 Å². The minimum Gasteiger partial charge on any atom is -0.342 e. The summed E-state index contributed by atoms with van der Waals surface area (Å²) in [6, 6.07) is 15.0. The number of likely N-dealkylation sites (tertiary alicyclic amines) is 1. The number of carbonyl (C=O) groups is 3. The molecule has 0 saturated carbocycles. The fourth-order valence-corrected chi connectivity index (χ4v) is 3.64. The summed E-state index contributed by atoms with van der Waals surface area (Å²) in [5, 5.41) is 3.02. The molecule has 1 aliphatic rings. The Morgan fingerprint density at radius 1 is 1.10 bits per heavy atom. The van der Waals surface area contributed by atoms with E-state index in [0.29, 0.717) is 30.9 Å². The number of hydrogen-bond acceptors (Lipinski definition) is 3. The number of piperidine rings is 1. The SMILES string of the molecule is CC(=O)N(C)Cc1ccccc1NC(=O)C1CCCN(C(=O)c2ccc(C)cc2)C1. The summed E-state index contributed by atoms with van der Waals surface area (Å²) in [6.45, 7) is 5.00. The van der Waals surface area contributed by atoms with Crippen molar-refractivity contribution in [3.63, 3.8) is 0 Å². The number of nitrogens with zero attached hydrogens (tertiary/aromatic N) is 2. The van der Waals surface area contributed by atoms with Crippen LogP contribution in [0.2, 0.25) is 0 Å². The summed E-state index contributed by atoms with van der Waals surface area (Å²) in [5.41, 5.74) is 3.35. The molecular weight excluding hydrogens is 378 g/mol. The number of para-hydroxylation sites is 1. The molecule has 1 atom stereocenters. The van der Waals surface area contributed by atoms with Gasteiger partial charge in [-0.1, -0.05) is 35.9 Å². The lowest BCUT2D eigenvalue weighted by atomic mass is 9.96. The Bertz CT molecular complexity index is 924. The number of aryl methyl sites for hydroxylation is 1. The van der Waals surface area contributed by atoms with Gasteiger partial charge in [0.1, 0.15) is 0 Å². The number of rotatable bonds is 5. The predicted molar refractivity (Wildman–Crippen MR) is 117 cm³/mol. The van der Waals surface area contributed by atoms with Gasteiger partial charge >= 0.3 is 0 Å². The highest BCUT2D eigenvalue weighted by atomic mass is 16.2. The van der Waals surface area contributed by atoms with Crippen LogP contribution in [0.4, 0.5) is 5.69 Å². The van der Waals surface area contributed by atoms with Gasteiger partial charge in [-0.25, -0.2) is 0 Å². The van der Waals surface area contributed by atoms with Crippen molar-refractivity contribution in [1.29, 1.82) is 0 Å². The lowest BCUT2D eigenvalue weighted by molar-refractivity contribution is -0.128. The monoisotopic (exact) mass is 407 g/mol. The largest absolute Gasteiger partial charge is 0.342 e. The zero-order valence-electron chi connectivity index (χ0n) is 17.9. The summed E-state index contributed by atoms with van der Waals surface area (Å²) in [5.74, 6) is -0.411. The molecule has 1 N–H and O–H groups in total. The van der Waals surface area contributed by atoms with Crippen molar-refractivity contribution in [3.05, 3.63) is 65.2 Å². The minimum absolute atomic E-state index is 0.0315. The van der Waals surface area contributed by atoms with E-state index in [9.17, 15) is 14.4 Å². The second kappa shape index (κ2) is 9.57. The van der Waals surface area contributed by atoms with Crippen molar-refractivity contribution in [2.24, 2.45) is 5.92 Å². The molecule has 3 amide bonds. The van der Waals surface area contributed by atoms with Crippen LogP contribution in [0.5, 0.6) is 0 Å². The van der Waals surface area contributed by atoms with Gasteiger partial charge in [-0.3, -0.25) is 14.4 Å². The molecule has 158 valence electrons. The molecule has 2 aromatic carbocycles. The first-order valence-electron chi connectivity index (χ1n) is 10.3. The fourth-order valence-electron chi connectivity index (χ4n) is 3.64. The van der Waals surface area contributed by atoms with Crippen LogP contribution in [-0.4, -0.2) is 47.7 Å². The highest BCUT2D eigenvalue weighted by Gasteiger charge is 2.29. The van der Waals surface area contributed by atoms with Gasteiger partial charge in [-0.2, -0.15) is 0 Å². The molecule has 1 unspecified atom stereocenters. The van der Waals surface area contributed by atoms with Crippen molar-refractivity contribution >= 4 is 23.4 Å². The third-order valence-electron chi connectivity index (χ3n) is 5.60. The van der Waals surface area contributed by atoms with Crippen molar-refractivity contribution < 1.29 is 14.4 Å². The normalized spacial score (nSPS) is 16.1. The third kappa shape index (κ3) is 5.26. The van der Waals surface area contributed by atoms with Crippen molar-refractivity contribution in [2.45, 2.75) is 33.2 Å². The molecule has 3 rings (SSSR count). The first kappa shape index (κ1) is 21.6. The molecule has 1 heterocycles. The van der Waals surface area contributed by atoms with Gasteiger partial charge in [0.15, 0.2) is 0 Å². The minimum atomic E-state index is -0.258. The zero-order chi connectivity index (χ0) is 21.7. The number of benzene rings is 2. The maximum Gasteiger partial charge on any atom is 0.253 e. The summed E-state index contributed by atoms with van der Waals surface area (Å²) in [4.78, 5) is 40.7. The number of amides is 3. The average molecular weight is 408 g/mol. The highest BCUT2D eigenvalue weighted by molar-refractivity contribution is 5.96. The van der Waals surface area contributed by atoms with E-state index in [1.54, 1.807) is 16.8 Å². The Morgan fingerprint density at radius 3 is 2.50 bits per heavy atom. The third-order valence-corrected chi connectivity index (χ3v) is 5.60. The first-order chi connectivity index (χ1) is 14.3. The topological polar surface area (TPSA) is 69.7 Å². The highest BCUT2D eigenvalue weighted by Crippen LogP contribution is 2.23. The van der Waals surface area contributed by atoms with Gasteiger partial charge in [0.2, 0.25) is 11.8 Å². The Kier molecular flexibility index (Phi) is 6.87. The molecule has 2 aromatic rings. The van der Waals surface area contributed by atoms with E-state index in [2.05, 4.69) is 5.32 Å². The quantitative estimate of drug-likeness (QED) is 0.825. The molecule has 6 nitrogen and oxygen atoms in total. The molecular formula is C24H29N3O3. The van der Waals surface area contributed by atoms with E-state index >= 15 is 0 Å². The Morgan fingerprint density at radius 2 is 1.80 bits per heavy atom. The van der Waals surface area contributed by atoms with E-state index in [1.807, 2.05) is 55.5 Å². The second-order valence-corrected chi connectivity index (χ2v) is 7.98. The number of carbonyl (C=O) groups excluding carboxylic acids is 3. The molecule has 0 spiro atoms. The molecule has 1 aliphatic heterocycles. The van der Waals surface area contributed by atoms with Gasteiger partial charge in [0.25, 0.3) is 5.91 Å². The van der Waals surface area contributed by atoms with Crippen LogP contribution in [0.3, 0.4) is 0 Å². The van der Waals surface area contributed by atoms with Gasteiger partial charge in [-0.05, 0) is 43.5 Å². The second-order valence-electron chi connectivity index (χ2n) is 7.98. The van der Waals surface area contributed by atoms with E-state index in [4.69, 9.17) is 0 Å². The standard InChI is InChI=1S/C24H29N3O3/c1-17-10-12-19(13-11-17)24(30)27-14-6-8-21(16-27)23(29)25-22-9-5-4-7-20(22)15-26(3)18(2)28/h4-5,7,9-13,21H,6,8,14-16H2,1-3H3,(H,25,29). The van der Waals surface area contributed by atoms with Gasteiger partial charge in [0, 0.05) is 44.9 Å². The van der Waals surface area contributed by atoms with Crippen LogP contribution >= 0.6 is 0 Å². The maximum atomic E-state index is 13.0. The van der Waals surface area contributed by atoms with E-state index in [-0.39, 0.29) is 23.6 Å². The van der Waals surface area contributed by atoms with Gasteiger partial charge < -0.3 is 15.1 Å². The van der Waals surface area contributed by atoms with Crippen LogP contribution in [0.15, 0.2) is 48.5 Å². The van der Waals surface area contributed by atoms with Crippen molar-refractivity contribution in [2.75, 3.05) is 25.5 Å². The van der Waals surface area contributed by atoms with Crippen LogP contribution in [0.1, 0.15) is 41.3 Å². The molecule has 0 bridgehead atoms. The van der Waals surface area contributed by atoms with E-state index in [1.165, 1.54) is 6.92 Å². The molecule has 0 aromatic heterocycles. The molecule has 0 radical (unpaired) electrons. The lowest BCUT2D eigenvalue weighted by Crippen LogP contribution is -2.43. The Balaban J connectivity index is 1.67. The Labute approximate surface area is 177 Å². The summed E-state index contributed by atoms with van der Waals surface area (Å²) in [7, 11) is 1.73. The summed E-state index contributed by atoms with van der Waals surface area (Å²) in [6.07, 6.45) is 1.55. The molecule has 1 saturated heterocycles. The summed E-state index contributed by atoms with van der Waals surface area (Å²) < 4.78 is 0. The van der Waals surface area contributed by atoms with Gasteiger partial charge in [-0.15, -0.1) is 0 Å². The van der Waals surface area contributed by atoms with E-state index in [0.717, 1.165) is 24.0 Å². The van der Waals surface area contributed by atoms with Crippen molar-refractivity contribution in [1.82, 2.24) is 9.80 Å². The van der Waals surface area contributed by atoms with Crippen LogP contribution in [0.25, 0.3) is 0 Å². The molecule has 0 aliphatic carbocycles. The molecule has 30 heavy (non-hydrogen) atoms. The summed E-state index contributed by atoms with van der Waals surface area (Å²) >= 11 is 0. The van der Waals surface area contributed by atoms with E-state index < -0.39 is 0 Å². The number of nitrogens with one attached hydrogen (secondary N) is 1. The first-order valence-corrected chi connectivity index (χ1v) is 10.3.